The highest BCUT2D eigenvalue weighted by Gasteiger charge is 2.21. The van der Waals surface area contributed by atoms with Crippen LogP contribution in [0.25, 0.3) is 0 Å². The molecule has 0 N–H and O–H groups in total. The molecule has 2 aromatic carbocycles. The van der Waals surface area contributed by atoms with E-state index in [1.54, 1.807) is 23.7 Å². The first kappa shape index (κ1) is 16.8. The molecule has 0 aromatic heterocycles. The molecule has 120 valence electrons. The molecule has 0 saturated heterocycles. The molecule has 0 heterocycles. The largest absolute Gasteiger partial charge is 0.365 e. The molecule has 0 radical (unpaired) electrons. The van der Waals surface area contributed by atoms with Crippen LogP contribution in [-0.4, -0.2) is 23.2 Å². The monoisotopic (exact) mass is 333 g/mol. The second-order valence-electron chi connectivity index (χ2n) is 4.89. The van der Waals surface area contributed by atoms with Crippen LogP contribution >= 0.6 is 11.8 Å². The van der Waals surface area contributed by atoms with E-state index >= 15 is 0 Å². The Hall–Kier alpha value is -2.61. The van der Waals surface area contributed by atoms with Gasteiger partial charge in [-0.25, -0.2) is 0 Å². The van der Waals surface area contributed by atoms with E-state index in [9.17, 15) is 20.2 Å². The van der Waals surface area contributed by atoms with Crippen LogP contribution in [-0.2, 0) is 6.54 Å². The number of nitrogens with zero attached hydrogens (tertiary/aromatic N) is 3. The van der Waals surface area contributed by atoms with Gasteiger partial charge in [-0.3, -0.25) is 20.2 Å². The van der Waals surface area contributed by atoms with Gasteiger partial charge in [0.2, 0.25) is 0 Å². The van der Waals surface area contributed by atoms with Crippen molar-refractivity contribution in [3.05, 3.63) is 68.3 Å². The third-order valence-corrected chi connectivity index (χ3v) is 4.10. The maximum absolute atomic E-state index is 11.2. The number of benzene rings is 2. The van der Waals surface area contributed by atoms with Crippen LogP contribution in [0.3, 0.4) is 0 Å². The van der Waals surface area contributed by atoms with Crippen LogP contribution < -0.4 is 4.90 Å². The summed E-state index contributed by atoms with van der Waals surface area (Å²) in [5.41, 5.74) is 0.771. The lowest BCUT2D eigenvalue weighted by atomic mass is 10.2. The van der Waals surface area contributed by atoms with Gasteiger partial charge < -0.3 is 4.90 Å². The Labute approximate surface area is 137 Å². The number of rotatable bonds is 6. The Bertz CT molecular complexity index is 734. The Morgan fingerprint density at radius 3 is 2.22 bits per heavy atom. The Kier molecular flexibility index (Phi) is 5.17. The first-order valence-electron chi connectivity index (χ1n) is 6.69. The number of hydrogen-bond acceptors (Lipinski definition) is 6. The Balaban J connectivity index is 2.28. The summed E-state index contributed by atoms with van der Waals surface area (Å²) in [7, 11) is 1.72. The predicted molar refractivity (Wildman–Crippen MR) is 90.1 cm³/mol. The van der Waals surface area contributed by atoms with Crippen LogP contribution in [0.5, 0.6) is 0 Å². The van der Waals surface area contributed by atoms with Gasteiger partial charge in [0, 0.05) is 24.6 Å². The van der Waals surface area contributed by atoms with Crippen molar-refractivity contribution in [3.8, 4) is 0 Å². The fourth-order valence-electron chi connectivity index (χ4n) is 2.18. The topological polar surface area (TPSA) is 89.5 Å². The molecular weight excluding hydrogens is 318 g/mol. The minimum Gasteiger partial charge on any atom is -0.365 e. The molecule has 0 bridgehead atoms. The van der Waals surface area contributed by atoms with Gasteiger partial charge >= 0.3 is 0 Å². The zero-order valence-corrected chi connectivity index (χ0v) is 13.4. The van der Waals surface area contributed by atoms with Gasteiger partial charge in [0.1, 0.15) is 5.69 Å². The summed E-state index contributed by atoms with van der Waals surface area (Å²) < 4.78 is 0. The normalized spacial score (nSPS) is 10.3. The van der Waals surface area contributed by atoms with Crippen molar-refractivity contribution in [1.82, 2.24) is 0 Å². The van der Waals surface area contributed by atoms with Crippen LogP contribution in [0.15, 0.2) is 47.4 Å². The number of anilines is 1. The second-order valence-corrected chi connectivity index (χ2v) is 5.77. The highest BCUT2D eigenvalue weighted by Crippen LogP contribution is 2.32. The van der Waals surface area contributed by atoms with Gasteiger partial charge in [-0.1, -0.05) is 12.1 Å². The fourth-order valence-corrected chi connectivity index (χ4v) is 2.59. The van der Waals surface area contributed by atoms with E-state index < -0.39 is 9.85 Å². The maximum atomic E-state index is 11.2. The quantitative estimate of drug-likeness (QED) is 0.453. The molecule has 0 amide bonds. The number of nitro groups is 2. The number of thioether (sulfide) groups is 1. The van der Waals surface area contributed by atoms with Crippen LogP contribution in [0.2, 0.25) is 0 Å². The zero-order chi connectivity index (χ0) is 17.0. The minimum absolute atomic E-state index is 0.276. The molecule has 0 aliphatic carbocycles. The fraction of sp³-hybridized carbons (Fsp3) is 0.200. The van der Waals surface area contributed by atoms with Gasteiger partial charge in [-0.2, -0.15) is 0 Å². The predicted octanol–water partition coefficient (Wildman–Crippen LogP) is 3.86. The molecule has 0 aliphatic heterocycles. The van der Waals surface area contributed by atoms with Gasteiger partial charge in [-0.05, 0) is 30.0 Å². The van der Waals surface area contributed by atoms with Crippen molar-refractivity contribution < 1.29 is 9.85 Å². The molecule has 2 rings (SSSR count). The minimum atomic E-state index is -0.641. The molecule has 0 saturated carbocycles. The highest BCUT2D eigenvalue weighted by molar-refractivity contribution is 7.98. The lowest BCUT2D eigenvalue weighted by Crippen LogP contribution is -2.17. The van der Waals surface area contributed by atoms with Gasteiger partial charge in [0.05, 0.1) is 15.9 Å². The van der Waals surface area contributed by atoms with Gasteiger partial charge in [-0.15, -0.1) is 11.8 Å². The van der Waals surface area contributed by atoms with Crippen molar-refractivity contribution in [2.24, 2.45) is 0 Å². The third-order valence-electron chi connectivity index (χ3n) is 3.36. The smallest absolute Gasteiger partial charge is 0.299 e. The molecule has 0 atom stereocenters. The molecule has 2 aromatic rings. The molecule has 7 nitrogen and oxygen atoms in total. The lowest BCUT2D eigenvalue weighted by Gasteiger charge is -2.19. The first-order chi connectivity index (χ1) is 10.9. The van der Waals surface area contributed by atoms with E-state index in [4.69, 9.17) is 0 Å². The Morgan fingerprint density at radius 1 is 1.04 bits per heavy atom. The number of nitro benzene ring substituents is 2. The SMILES string of the molecule is CSc1ccc(CN(C)c2ccc([N+](=O)[O-])cc2[N+](=O)[O-])cc1. The standard InChI is InChI=1S/C15H15N3O4S/c1-16(10-11-3-6-13(23-2)7-4-11)14-8-5-12(17(19)20)9-15(14)18(21)22/h3-9H,10H2,1-2H3. The third kappa shape index (κ3) is 3.98. The van der Waals surface area contributed by atoms with Crippen molar-refractivity contribution in [2.75, 3.05) is 18.2 Å². The van der Waals surface area contributed by atoms with Crippen LogP contribution in [0.4, 0.5) is 17.1 Å². The number of hydrogen-bond donors (Lipinski definition) is 0. The van der Waals surface area contributed by atoms with Crippen LogP contribution in [0, 0.1) is 20.2 Å². The molecule has 23 heavy (non-hydrogen) atoms. The average molecular weight is 333 g/mol. The first-order valence-corrected chi connectivity index (χ1v) is 7.91. The number of non-ortho nitro benzene ring substituents is 1. The summed E-state index contributed by atoms with van der Waals surface area (Å²) in [5, 5.41) is 22.0. The summed E-state index contributed by atoms with van der Waals surface area (Å²) >= 11 is 1.64. The molecule has 0 unspecified atom stereocenters. The molecule has 0 spiro atoms. The van der Waals surface area contributed by atoms with E-state index in [0.29, 0.717) is 12.2 Å². The Morgan fingerprint density at radius 2 is 1.70 bits per heavy atom. The summed E-state index contributed by atoms with van der Waals surface area (Å²) in [6, 6.07) is 11.6. The van der Waals surface area contributed by atoms with E-state index in [1.807, 2.05) is 30.5 Å². The lowest BCUT2D eigenvalue weighted by molar-refractivity contribution is -0.393. The molecule has 0 fully saturated rings. The molecule has 8 heteroatoms. The van der Waals surface area contributed by atoms with Gasteiger partial charge in [0.25, 0.3) is 11.4 Å². The van der Waals surface area contributed by atoms with E-state index in [2.05, 4.69) is 0 Å². The van der Waals surface area contributed by atoms with Crippen molar-refractivity contribution in [3.63, 3.8) is 0 Å². The van der Waals surface area contributed by atoms with E-state index in [1.165, 1.54) is 12.1 Å². The van der Waals surface area contributed by atoms with E-state index in [0.717, 1.165) is 16.5 Å². The van der Waals surface area contributed by atoms with Crippen molar-refractivity contribution >= 4 is 28.8 Å². The summed E-state index contributed by atoms with van der Waals surface area (Å²) in [6.07, 6.45) is 1.99. The second kappa shape index (κ2) is 7.10. The maximum Gasteiger partial charge on any atom is 0.299 e. The summed E-state index contributed by atoms with van der Waals surface area (Å²) in [4.78, 5) is 23.6. The summed E-state index contributed by atoms with van der Waals surface area (Å²) in [5.74, 6) is 0. The molecule has 0 aliphatic rings. The van der Waals surface area contributed by atoms with Crippen LogP contribution in [0.1, 0.15) is 5.56 Å². The van der Waals surface area contributed by atoms with Gasteiger partial charge in [0.15, 0.2) is 0 Å². The zero-order valence-electron chi connectivity index (χ0n) is 12.6. The average Bonchev–Trinajstić information content (AvgIpc) is 2.54. The highest BCUT2D eigenvalue weighted by atomic mass is 32.2. The van der Waals surface area contributed by atoms with Crippen molar-refractivity contribution in [1.29, 1.82) is 0 Å². The van der Waals surface area contributed by atoms with E-state index in [-0.39, 0.29) is 11.4 Å². The molecular formula is C15H15N3O4S. The van der Waals surface area contributed by atoms with Crippen molar-refractivity contribution in [2.45, 2.75) is 11.4 Å². The summed E-state index contributed by atoms with van der Waals surface area (Å²) in [6.45, 7) is 0.466.